The Morgan fingerprint density at radius 2 is 1.57 bits per heavy atom. The van der Waals surface area contributed by atoms with Gasteiger partial charge in [-0.3, -0.25) is 4.79 Å². The van der Waals surface area contributed by atoms with Crippen molar-refractivity contribution in [2.45, 2.75) is 44.1 Å². The molecule has 1 saturated carbocycles. The van der Waals surface area contributed by atoms with E-state index < -0.39 is 5.54 Å². The van der Waals surface area contributed by atoms with E-state index in [1.54, 1.807) is 24.3 Å². The Labute approximate surface area is 170 Å². The Morgan fingerprint density at radius 1 is 0.893 bits per heavy atom. The van der Waals surface area contributed by atoms with Crippen LogP contribution in [0.1, 0.15) is 36.8 Å². The van der Waals surface area contributed by atoms with Crippen LogP contribution in [0.3, 0.4) is 0 Å². The van der Waals surface area contributed by atoms with Crippen molar-refractivity contribution < 1.29 is 9.59 Å². The van der Waals surface area contributed by atoms with Crippen LogP contribution >= 0.6 is 12.4 Å². The van der Waals surface area contributed by atoms with Gasteiger partial charge in [0, 0.05) is 17.1 Å². The summed E-state index contributed by atoms with van der Waals surface area (Å²) in [5, 5.41) is 8.60. The van der Waals surface area contributed by atoms with Crippen LogP contribution in [-0.4, -0.2) is 17.5 Å². The molecule has 0 radical (unpaired) electrons. The number of hydrogen-bond acceptors (Lipinski definition) is 3. The van der Waals surface area contributed by atoms with Crippen LogP contribution in [0.4, 0.5) is 21.9 Å². The molecule has 0 aliphatic heterocycles. The van der Waals surface area contributed by atoms with E-state index in [2.05, 4.69) is 22.0 Å². The number of amides is 3. The maximum absolute atomic E-state index is 12.4. The minimum Gasteiger partial charge on any atom is -0.324 e. The van der Waals surface area contributed by atoms with Crippen LogP contribution in [-0.2, 0) is 17.6 Å². The van der Waals surface area contributed by atoms with Crippen LogP contribution < -0.4 is 21.7 Å². The van der Waals surface area contributed by atoms with Gasteiger partial charge in [0.1, 0.15) is 0 Å². The summed E-state index contributed by atoms with van der Waals surface area (Å²) in [5.74, 6) is -0.181. The third kappa shape index (κ3) is 4.46. The van der Waals surface area contributed by atoms with Crippen molar-refractivity contribution in [3.8, 4) is 0 Å². The number of hydrogen-bond donors (Lipinski definition) is 4. The molecule has 6 nitrogen and oxygen atoms in total. The molecule has 0 aromatic heterocycles. The van der Waals surface area contributed by atoms with E-state index >= 15 is 0 Å². The number of anilines is 3. The molecule has 7 heteroatoms. The Hall–Kier alpha value is -2.57. The molecule has 5 N–H and O–H groups in total. The average Bonchev–Trinajstić information content (AvgIpc) is 3.41. The number of aryl methyl sites for hydroxylation is 1. The Balaban J connectivity index is 0.00000225. The van der Waals surface area contributed by atoms with Gasteiger partial charge in [-0.15, -0.1) is 12.4 Å². The lowest BCUT2D eigenvalue weighted by atomic mass is 9.90. The summed E-state index contributed by atoms with van der Waals surface area (Å²) in [5.41, 5.74) is 9.82. The molecule has 3 amide bonds. The van der Waals surface area contributed by atoms with Crippen molar-refractivity contribution in [2.24, 2.45) is 5.73 Å². The minimum absolute atomic E-state index is 0. The lowest BCUT2D eigenvalue weighted by molar-refractivity contribution is -0.118. The topological polar surface area (TPSA) is 96.2 Å². The highest BCUT2D eigenvalue weighted by Crippen LogP contribution is 2.33. The minimum atomic E-state index is -0.729. The van der Waals surface area contributed by atoms with Gasteiger partial charge < -0.3 is 21.7 Å². The lowest BCUT2D eigenvalue weighted by Crippen LogP contribution is -2.37. The Bertz CT molecular complexity index is 896. The molecule has 1 fully saturated rings. The first-order valence-corrected chi connectivity index (χ1v) is 9.43. The molecule has 0 atom stereocenters. The molecule has 0 saturated heterocycles. The summed E-state index contributed by atoms with van der Waals surface area (Å²) < 4.78 is 0. The van der Waals surface area contributed by atoms with Crippen LogP contribution in [0.5, 0.6) is 0 Å². The molecular formula is C21H25ClN4O2. The number of urea groups is 1. The molecule has 2 aromatic rings. The van der Waals surface area contributed by atoms with E-state index in [1.807, 2.05) is 12.1 Å². The molecular weight excluding hydrogens is 376 g/mol. The van der Waals surface area contributed by atoms with Crippen molar-refractivity contribution in [2.75, 3.05) is 16.0 Å². The number of fused-ring (bicyclic) bond motifs is 1. The van der Waals surface area contributed by atoms with Gasteiger partial charge in [0.15, 0.2) is 0 Å². The van der Waals surface area contributed by atoms with Crippen molar-refractivity contribution >= 4 is 41.4 Å². The lowest BCUT2D eigenvalue weighted by Gasteiger charge is -2.19. The number of nitrogens with one attached hydrogen (secondary N) is 3. The van der Waals surface area contributed by atoms with Gasteiger partial charge >= 0.3 is 6.03 Å². The average molecular weight is 401 g/mol. The molecule has 4 rings (SSSR count). The third-order valence-corrected chi connectivity index (χ3v) is 5.26. The fraction of sp³-hybridized carbons (Fsp3) is 0.333. The molecule has 2 aliphatic carbocycles. The number of carbonyl (C=O) groups is 2. The predicted molar refractivity (Wildman–Crippen MR) is 114 cm³/mol. The van der Waals surface area contributed by atoms with Crippen LogP contribution in [0.25, 0.3) is 0 Å². The maximum atomic E-state index is 12.4. The first kappa shape index (κ1) is 20.2. The number of rotatable bonds is 4. The molecule has 0 bridgehead atoms. The van der Waals surface area contributed by atoms with Crippen LogP contribution in [0.2, 0.25) is 0 Å². The summed E-state index contributed by atoms with van der Waals surface area (Å²) in [7, 11) is 0. The van der Waals surface area contributed by atoms with Crippen LogP contribution in [0.15, 0.2) is 42.5 Å². The summed E-state index contributed by atoms with van der Waals surface area (Å²) in [6, 6.07) is 12.8. The fourth-order valence-corrected chi connectivity index (χ4v) is 3.48. The summed E-state index contributed by atoms with van der Waals surface area (Å²) >= 11 is 0. The Kier molecular flexibility index (Phi) is 5.91. The van der Waals surface area contributed by atoms with E-state index in [0.29, 0.717) is 24.2 Å². The SMILES string of the molecule is Cl.NC1(C(=O)Nc2cccc(NC(=O)Nc3cccc4c3CCCC4)c2)CC1. The molecule has 2 aliphatic rings. The monoisotopic (exact) mass is 400 g/mol. The molecule has 28 heavy (non-hydrogen) atoms. The standard InChI is InChI=1S/C21H24N4O2.ClH/c22-21(11-12-21)19(26)23-15-7-4-8-16(13-15)24-20(27)25-18-10-3-6-14-5-1-2-9-17(14)18;/h3-4,6-8,10,13H,1-2,5,9,11-12,22H2,(H,23,26)(H2,24,25,27);1H. The second-order valence-electron chi connectivity index (χ2n) is 7.42. The first-order valence-electron chi connectivity index (χ1n) is 9.43. The van der Waals surface area contributed by atoms with E-state index in [9.17, 15) is 9.59 Å². The zero-order valence-corrected chi connectivity index (χ0v) is 16.4. The van der Waals surface area contributed by atoms with Crippen molar-refractivity contribution in [1.29, 1.82) is 0 Å². The van der Waals surface area contributed by atoms with E-state index in [1.165, 1.54) is 17.5 Å². The van der Waals surface area contributed by atoms with Gasteiger partial charge in [0.05, 0.1) is 5.54 Å². The second-order valence-corrected chi connectivity index (χ2v) is 7.42. The zero-order chi connectivity index (χ0) is 18.9. The number of nitrogens with two attached hydrogens (primary N) is 1. The summed E-state index contributed by atoms with van der Waals surface area (Å²) in [4.78, 5) is 24.5. The van der Waals surface area contributed by atoms with Gasteiger partial charge in [-0.1, -0.05) is 18.2 Å². The highest BCUT2D eigenvalue weighted by atomic mass is 35.5. The van der Waals surface area contributed by atoms with Crippen molar-refractivity contribution in [1.82, 2.24) is 0 Å². The van der Waals surface area contributed by atoms with Crippen LogP contribution in [0, 0.1) is 0 Å². The zero-order valence-electron chi connectivity index (χ0n) is 15.6. The molecule has 2 aromatic carbocycles. The van der Waals surface area contributed by atoms with E-state index in [0.717, 1.165) is 24.9 Å². The number of carbonyl (C=O) groups excluding carboxylic acids is 2. The third-order valence-electron chi connectivity index (χ3n) is 5.26. The maximum Gasteiger partial charge on any atom is 0.323 e. The second kappa shape index (κ2) is 8.20. The quantitative estimate of drug-likeness (QED) is 0.623. The van der Waals surface area contributed by atoms with E-state index in [-0.39, 0.29) is 24.3 Å². The van der Waals surface area contributed by atoms with Gasteiger partial charge in [0.25, 0.3) is 0 Å². The molecule has 0 unspecified atom stereocenters. The summed E-state index contributed by atoms with van der Waals surface area (Å²) in [6.07, 6.45) is 5.83. The normalized spacial score (nSPS) is 16.2. The Morgan fingerprint density at radius 3 is 2.32 bits per heavy atom. The molecule has 148 valence electrons. The first-order chi connectivity index (χ1) is 13.0. The van der Waals surface area contributed by atoms with Crippen molar-refractivity contribution in [3.63, 3.8) is 0 Å². The number of benzene rings is 2. The van der Waals surface area contributed by atoms with Crippen molar-refractivity contribution in [3.05, 3.63) is 53.6 Å². The summed E-state index contributed by atoms with van der Waals surface area (Å²) in [6.45, 7) is 0. The fourth-order valence-electron chi connectivity index (χ4n) is 3.48. The van der Waals surface area contributed by atoms with E-state index in [4.69, 9.17) is 5.73 Å². The van der Waals surface area contributed by atoms with Gasteiger partial charge in [0.2, 0.25) is 5.91 Å². The molecule has 0 heterocycles. The molecule has 0 spiro atoms. The predicted octanol–water partition coefficient (Wildman–Crippen LogP) is 4.06. The smallest absolute Gasteiger partial charge is 0.323 e. The van der Waals surface area contributed by atoms with Gasteiger partial charge in [-0.2, -0.15) is 0 Å². The highest BCUT2D eigenvalue weighted by Gasteiger charge is 2.45. The largest absolute Gasteiger partial charge is 0.324 e. The highest BCUT2D eigenvalue weighted by molar-refractivity contribution is 6.02. The number of halogens is 1. The van der Waals surface area contributed by atoms with Gasteiger partial charge in [-0.05, 0) is 73.9 Å². The van der Waals surface area contributed by atoms with Gasteiger partial charge in [-0.25, -0.2) is 4.79 Å².